The molecule has 0 bridgehead atoms. The molecule has 1 aliphatic rings. The van der Waals surface area contributed by atoms with Gasteiger partial charge in [-0.05, 0) is 57.7 Å². The summed E-state index contributed by atoms with van der Waals surface area (Å²) in [4.78, 5) is 71.4. The van der Waals surface area contributed by atoms with Gasteiger partial charge in [-0.2, -0.15) is 0 Å². The van der Waals surface area contributed by atoms with Gasteiger partial charge in [-0.3, -0.25) is 19.2 Å². The zero-order valence-electron chi connectivity index (χ0n) is 25.5. The first-order valence-corrected chi connectivity index (χ1v) is 14.8. The van der Waals surface area contributed by atoms with E-state index in [0.717, 1.165) is 5.39 Å². The first-order chi connectivity index (χ1) is 21.3. The number of esters is 1. The largest absolute Gasteiger partial charge is 0.458 e. The second kappa shape index (κ2) is 14.0. The first kappa shape index (κ1) is 33.2. The number of nitrogens with zero attached hydrogens (tertiary/aromatic N) is 2. The van der Waals surface area contributed by atoms with Crippen molar-refractivity contribution in [3.63, 3.8) is 0 Å². The zero-order valence-corrected chi connectivity index (χ0v) is 25.5. The zero-order chi connectivity index (χ0) is 32.9. The van der Waals surface area contributed by atoms with Gasteiger partial charge in [0, 0.05) is 11.9 Å². The van der Waals surface area contributed by atoms with Crippen LogP contribution in [0.4, 0.5) is 0 Å². The van der Waals surface area contributed by atoms with Crippen molar-refractivity contribution < 1.29 is 33.8 Å². The van der Waals surface area contributed by atoms with Gasteiger partial charge in [-0.15, -0.1) is 0 Å². The number of aliphatic hydroxyl groups is 1. The van der Waals surface area contributed by atoms with Crippen molar-refractivity contribution in [2.75, 3.05) is 6.54 Å². The van der Waals surface area contributed by atoms with Crippen LogP contribution in [0.15, 0.2) is 66.7 Å². The van der Waals surface area contributed by atoms with E-state index in [-0.39, 0.29) is 18.7 Å². The number of primary amides is 1. The van der Waals surface area contributed by atoms with Crippen LogP contribution in [0, 0.1) is 5.92 Å². The second-order valence-corrected chi connectivity index (χ2v) is 12.1. The standard InChI is InChI=1S/C33H39N5O7/c1-33(2,3)45-32(44)24-14-9-17-38(24)31(43)28(40)23(18-19-10-5-4-6-11-19)37-30(42)26(34)25(29(35)41)27(39)22-16-15-20-12-7-8-13-21(20)36-22/h4-8,10-13,15-16,23-26,28,40H,9,14,17-18,34H2,1-3H3,(H2,35,41)(H,37,42)/t23-,24-,25?,26-,28?/m0/s1. The minimum atomic E-state index is -1.80. The van der Waals surface area contributed by atoms with Crippen molar-refractivity contribution in [1.82, 2.24) is 15.2 Å². The van der Waals surface area contributed by atoms with E-state index in [1.54, 1.807) is 75.4 Å². The Kier molecular flexibility index (Phi) is 10.3. The number of pyridine rings is 1. The van der Waals surface area contributed by atoms with Crippen molar-refractivity contribution in [2.45, 2.75) is 69.9 Å². The highest BCUT2D eigenvalue weighted by Crippen LogP contribution is 2.23. The fraction of sp³-hybridized carbons (Fsp3) is 0.394. The summed E-state index contributed by atoms with van der Waals surface area (Å²) in [6.45, 7) is 5.36. The van der Waals surface area contributed by atoms with E-state index >= 15 is 0 Å². The van der Waals surface area contributed by atoms with Gasteiger partial charge in [0.25, 0.3) is 5.91 Å². The molecule has 2 aromatic carbocycles. The van der Waals surface area contributed by atoms with Crippen LogP contribution in [0.1, 0.15) is 49.7 Å². The number of hydrogen-bond acceptors (Lipinski definition) is 9. The maximum Gasteiger partial charge on any atom is 0.329 e. The average molecular weight is 618 g/mol. The number of Topliss-reactive ketones (excluding diaryl/α,β-unsaturated/α-hetero) is 1. The molecule has 12 heteroatoms. The highest BCUT2D eigenvalue weighted by Gasteiger charge is 2.43. The first-order valence-electron chi connectivity index (χ1n) is 14.8. The van der Waals surface area contributed by atoms with Crippen molar-refractivity contribution in [3.05, 3.63) is 78.0 Å². The fourth-order valence-electron chi connectivity index (χ4n) is 5.36. The number of nitrogens with two attached hydrogens (primary N) is 2. The molecule has 1 aliphatic heterocycles. The number of aliphatic hydroxyl groups excluding tert-OH is 1. The molecule has 3 aromatic rings. The fourth-order valence-corrected chi connectivity index (χ4v) is 5.36. The number of rotatable bonds is 11. The normalized spacial score (nSPS) is 17.6. The Hall–Kier alpha value is -4.68. The lowest BCUT2D eigenvalue weighted by molar-refractivity contribution is -0.165. The number of ether oxygens (including phenoxy) is 1. The molecule has 1 aromatic heterocycles. The summed E-state index contributed by atoms with van der Waals surface area (Å²) in [5, 5.41) is 14.7. The predicted octanol–water partition coefficient (Wildman–Crippen LogP) is 1.27. The van der Waals surface area contributed by atoms with Crippen molar-refractivity contribution in [1.29, 1.82) is 0 Å². The molecule has 45 heavy (non-hydrogen) atoms. The van der Waals surface area contributed by atoms with Crippen molar-refractivity contribution in [3.8, 4) is 0 Å². The smallest absolute Gasteiger partial charge is 0.329 e. The third-order valence-corrected chi connectivity index (χ3v) is 7.58. The molecular formula is C33H39N5O7. The molecule has 2 heterocycles. The van der Waals surface area contributed by atoms with Crippen LogP contribution < -0.4 is 16.8 Å². The number of fused-ring (bicyclic) bond motifs is 1. The second-order valence-electron chi connectivity index (χ2n) is 12.1. The molecule has 1 fully saturated rings. The summed E-state index contributed by atoms with van der Waals surface area (Å²) in [5.74, 6) is -6.10. The number of benzene rings is 2. The number of amides is 3. The number of hydrogen-bond donors (Lipinski definition) is 4. The van der Waals surface area contributed by atoms with Gasteiger partial charge in [-0.1, -0.05) is 54.6 Å². The highest BCUT2D eigenvalue weighted by molar-refractivity contribution is 6.12. The number of carbonyl (C=O) groups excluding carboxylic acids is 5. The summed E-state index contributed by atoms with van der Waals surface area (Å²) >= 11 is 0. The Bertz CT molecular complexity index is 1570. The number of ketones is 1. The van der Waals surface area contributed by atoms with Crippen molar-refractivity contribution >= 4 is 40.4 Å². The lowest BCUT2D eigenvalue weighted by Crippen LogP contribution is -2.59. The van der Waals surface area contributed by atoms with Crippen molar-refractivity contribution in [2.24, 2.45) is 17.4 Å². The summed E-state index contributed by atoms with van der Waals surface area (Å²) in [7, 11) is 0. The molecule has 0 radical (unpaired) electrons. The number of nitrogens with one attached hydrogen (secondary N) is 1. The van der Waals surface area contributed by atoms with E-state index in [1.165, 1.54) is 11.0 Å². The van der Waals surface area contributed by atoms with Crippen LogP contribution in [-0.2, 0) is 30.3 Å². The van der Waals surface area contributed by atoms with Gasteiger partial charge in [0.15, 0.2) is 11.9 Å². The van der Waals surface area contributed by atoms with Crippen LogP contribution in [0.2, 0.25) is 0 Å². The summed E-state index contributed by atoms with van der Waals surface area (Å²) in [6.07, 6.45) is -0.916. The molecule has 0 aliphatic carbocycles. The third kappa shape index (κ3) is 8.08. The SMILES string of the molecule is CC(C)(C)OC(=O)[C@@H]1CCCN1C(=O)C(O)[C@H](Cc1ccccc1)NC(=O)[C@@H](N)C(C(N)=O)C(=O)c1ccc2ccccc2n1. The van der Waals surface area contributed by atoms with Gasteiger partial charge in [0.1, 0.15) is 29.3 Å². The summed E-state index contributed by atoms with van der Waals surface area (Å²) < 4.78 is 5.48. The van der Waals surface area contributed by atoms with Crippen LogP contribution in [-0.4, -0.2) is 80.8 Å². The van der Waals surface area contributed by atoms with Gasteiger partial charge >= 0.3 is 5.97 Å². The highest BCUT2D eigenvalue weighted by atomic mass is 16.6. The van der Waals surface area contributed by atoms with Gasteiger partial charge in [-0.25, -0.2) is 9.78 Å². The van der Waals surface area contributed by atoms with E-state index < -0.39 is 65.2 Å². The summed E-state index contributed by atoms with van der Waals surface area (Å²) in [6, 6.07) is 15.0. The molecule has 238 valence electrons. The van der Waals surface area contributed by atoms with E-state index in [2.05, 4.69) is 10.3 Å². The molecular weight excluding hydrogens is 578 g/mol. The van der Waals surface area contributed by atoms with Crippen LogP contribution in [0.3, 0.4) is 0 Å². The van der Waals surface area contributed by atoms with Gasteiger partial charge in [0.05, 0.1) is 11.6 Å². The number of para-hydroxylation sites is 1. The lowest BCUT2D eigenvalue weighted by atomic mass is 9.91. The van der Waals surface area contributed by atoms with E-state index in [1.807, 2.05) is 6.07 Å². The molecule has 0 spiro atoms. The lowest BCUT2D eigenvalue weighted by Gasteiger charge is -2.32. The van der Waals surface area contributed by atoms with Crippen LogP contribution in [0.25, 0.3) is 10.9 Å². The van der Waals surface area contributed by atoms with Gasteiger partial charge in [0.2, 0.25) is 11.8 Å². The molecule has 4 rings (SSSR count). The van der Waals surface area contributed by atoms with E-state index in [9.17, 15) is 29.1 Å². The number of likely N-dealkylation sites (tertiary alicyclic amines) is 1. The monoisotopic (exact) mass is 617 g/mol. The molecule has 2 unspecified atom stereocenters. The van der Waals surface area contributed by atoms with E-state index in [0.29, 0.717) is 23.9 Å². The quantitative estimate of drug-likeness (QED) is 0.139. The average Bonchev–Trinajstić information content (AvgIpc) is 3.49. The van der Waals surface area contributed by atoms with Crippen LogP contribution in [0.5, 0.6) is 0 Å². The maximum absolute atomic E-state index is 13.6. The maximum atomic E-state index is 13.6. The molecule has 5 atom stereocenters. The molecule has 6 N–H and O–H groups in total. The van der Waals surface area contributed by atoms with E-state index in [4.69, 9.17) is 16.2 Å². The molecule has 3 amide bonds. The minimum Gasteiger partial charge on any atom is -0.458 e. The van der Waals surface area contributed by atoms with Crippen LogP contribution >= 0.6 is 0 Å². The Morgan fingerprint density at radius 3 is 2.36 bits per heavy atom. The third-order valence-electron chi connectivity index (χ3n) is 7.58. The number of carbonyl (C=O) groups is 5. The summed E-state index contributed by atoms with van der Waals surface area (Å²) in [5.41, 5.74) is 12.0. The minimum absolute atomic E-state index is 0.00142. The predicted molar refractivity (Wildman–Crippen MR) is 165 cm³/mol. The topological polar surface area (TPSA) is 195 Å². The Balaban J connectivity index is 1.56. The number of aromatic nitrogens is 1. The Labute approximate surface area is 261 Å². The molecule has 0 saturated carbocycles. The Morgan fingerprint density at radius 2 is 1.69 bits per heavy atom. The van der Waals surface area contributed by atoms with Gasteiger partial charge < -0.3 is 31.5 Å². The Morgan fingerprint density at radius 1 is 1.02 bits per heavy atom. The molecule has 1 saturated heterocycles. The molecule has 12 nitrogen and oxygen atoms in total.